The van der Waals surface area contributed by atoms with Crippen LogP contribution in [-0.4, -0.2) is 44.8 Å². The fraction of sp³-hybridized carbons (Fsp3) is 0.600. The monoisotopic (exact) mass is 368 g/mol. The van der Waals surface area contributed by atoms with Crippen LogP contribution in [0.4, 0.5) is 5.82 Å². The molecule has 0 radical (unpaired) electrons. The number of nitrogens with one attached hydrogen (secondary N) is 1. The van der Waals surface area contributed by atoms with E-state index >= 15 is 0 Å². The molecule has 2 fully saturated rings. The van der Waals surface area contributed by atoms with Crippen molar-refractivity contribution in [2.75, 3.05) is 18.0 Å². The Morgan fingerprint density at radius 3 is 2.59 bits per heavy atom. The molecule has 0 spiro atoms. The molecule has 1 saturated heterocycles. The first kappa shape index (κ1) is 17.9. The predicted molar refractivity (Wildman–Crippen MR) is 104 cm³/mol. The van der Waals surface area contributed by atoms with E-state index in [2.05, 4.69) is 25.3 Å². The molecule has 1 aliphatic heterocycles. The SMILES string of the molecule is Cc1cc(C)n(-c2cc(N3CCCC(C(=O)NC4CCCC4)C3)ncn2)n1. The third-order valence-corrected chi connectivity index (χ3v) is 5.68. The first-order valence-electron chi connectivity index (χ1n) is 10.0. The highest BCUT2D eigenvalue weighted by Crippen LogP contribution is 2.24. The molecule has 2 aromatic rings. The van der Waals surface area contributed by atoms with Crippen molar-refractivity contribution < 1.29 is 4.79 Å². The van der Waals surface area contributed by atoms with Crippen LogP contribution >= 0.6 is 0 Å². The number of carbonyl (C=O) groups excluding carboxylic acids is 1. The minimum Gasteiger partial charge on any atom is -0.356 e. The third kappa shape index (κ3) is 3.96. The highest BCUT2D eigenvalue weighted by Gasteiger charge is 2.29. The Labute approximate surface area is 160 Å². The van der Waals surface area contributed by atoms with Crippen LogP contribution in [-0.2, 0) is 4.79 Å². The number of anilines is 1. The molecule has 3 heterocycles. The fourth-order valence-electron chi connectivity index (χ4n) is 4.28. The summed E-state index contributed by atoms with van der Waals surface area (Å²) in [5.41, 5.74) is 2.01. The van der Waals surface area contributed by atoms with E-state index in [4.69, 9.17) is 0 Å². The van der Waals surface area contributed by atoms with Crippen LogP contribution in [0.1, 0.15) is 49.9 Å². The van der Waals surface area contributed by atoms with Crippen molar-refractivity contribution in [3.8, 4) is 5.82 Å². The second-order valence-corrected chi connectivity index (χ2v) is 7.85. The van der Waals surface area contributed by atoms with Gasteiger partial charge in [-0.3, -0.25) is 4.79 Å². The van der Waals surface area contributed by atoms with Crippen molar-refractivity contribution >= 4 is 11.7 Å². The molecule has 7 heteroatoms. The van der Waals surface area contributed by atoms with Gasteiger partial charge in [0.25, 0.3) is 0 Å². The minimum absolute atomic E-state index is 0.0337. The van der Waals surface area contributed by atoms with Gasteiger partial charge in [-0.2, -0.15) is 5.10 Å². The van der Waals surface area contributed by atoms with Gasteiger partial charge in [0.15, 0.2) is 5.82 Å². The Bertz CT molecular complexity index is 811. The maximum atomic E-state index is 12.7. The highest BCUT2D eigenvalue weighted by atomic mass is 16.2. The van der Waals surface area contributed by atoms with Crippen molar-refractivity contribution in [1.29, 1.82) is 0 Å². The first-order valence-corrected chi connectivity index (χ1v) is 10.0. The first-order chi connectivity index (χ1) is 13.1. The summed E-state index contributed by atoms with van der Waals surface area (Å²) in [6.07, 6.45) is 8.26. The van der Waals surface area contributed by atoms with E-state index in [9.17, 15) is 4.79 Å². The van der Waals surface area contributed by atoms with Crippen LogP contribution in [0.5, 0.6) is 0 Å². The van der Waals surface area contributed by atoms with E-state index in [0.717, 1.165) is 55.3 Å². The van der Waals surface area contributed by atoms with Gasteiger partial charge >= 0.3 is 0 Å². The molecule has 4 rings (SSSR count). The van der Waals surface area contributed by atoms with Gasteiger partial charge < -0.3 is 10.2 Å². The van der Waals surface area contributed by atoms with Gasteiger partial charge in [0, 0.05) is 30.9 Å². The highest BCUT2D eigenvalue weighted by molar-refractivity contribution is 5.79. The predicted octanol–water partition coefficient (Wildman–Crippen LogP) is 2.55. The van der Waals surface area contributed by atoms with Crippen LogP contribution in [0.2, 0.25) is 0 Å². The molecular weight excluding hydrogens is 340 g/mol. The molecule has 7 nitrogen and oxygen atoms in total. The van der Waals surface area contributed by atoms with Crippen molar-refractivity contribution in [3.63, 3.8) is 0 Å². The average molecular weight is 368 g/mol. The lowest BCUT2D eigenvalue weighted by atomic mass is 9.96. The van der Waals surface area contributed by atoms with Gasteiger partial charge in [-0.1, -0.05) is 12.8 Å². The third-order valence-electron chi connectivity index (χ3n) is 5.68. The number of carbonyl (C=O) groups is 1. The van der Waals surface area contributed by atoms with Gasteiger partial charge in [-0.05, 0) is 45.6 Å². The van der Waals surface area contributed by atoms with E-state index in [1.807, 2.05) is 30.7 Å². The number of amides is 1. The molecule has 0 aromatic carbocycles. The van der Waals surface area contributed by atoms with Crippen LogP contribution in [0, 0.1) is 19.8 Å². The summed E-state index contributed by atoms with van der Waals surface area (Å²) in [7, 11) is 0. The van der Waals surface area contributed by atoms with E-state index in [1.54, 1.807) is 6.33 Å². The standard InChI is InChI=1S/C20H28N6O/c1-14-10-15(2)26(24-14)19-11-18(21-13-22-19)25-9-5-6-16(12-25)20(27)23-17-7-3-4-8-17/h10-11,13,16-17H,3-9,12H2,1-2H3,(H,23,27). The summed E-state index contributed by atoms with van der Waals surface area (Å²) < 4.78 is 1.84. The molecule has 1 aliphatic carbocycles. The molecule has 144 valence electrons. The second-order valence-electron chi connectivity index (χ2n) is 7.85. The maximum absolute atomic E-state index is 12.7. The Morgan fingerprint density at radius 1 is 1.07 bits per heavy atom. The minimum atomic E-state index is 0.0337. The van der Waals surface area contributed by atoms with E-state index in [1.165, 1.54) is 12.8 Å². The fourth-order valence-corrected chi connectivity index (χ4v) is 4.28. The lowest BCUT2D eigenvalue weighted by molar-refractivity contribution is -0.125. The van der Waals surface area contributed by atoms with E-state index in [0.29, 0.717) is 12.6 Å². The largest absolute Gasteiger partial charge is 0.356 e. The molecule has 1 N–H and O–H groups in total. The van der Waals surface area contributed by atoms with E-state index in [-0.39, 0.29) is 11.8 Å². The van der Waals surface area contributed by atoms with Gasteiger partial charge in [0.1, 0.15) is 12.1 Å². The smallest absolute Gasteiger partial charge is 0.225 e. The summed E-state index contributed by atoms with van der Waals surface area (Å²) >= 11 is 0. The Hall–Kier alpha value is -2.44. The average Bonchev–Trinajstić information content (AvgIpc) is 3.31. The zero-order valence-electron chi connectivity index (χ0n) is 16.2. The molecule has 2 aliphatic rings. The molecule has 1 unspecified atom stereocenters. The van der Waals surface area contributed by atoms with Crippen LogP contribution < -0.4 is 10.2 Å². The molecule has 27 heavy (non-hydrogen) atoms. The zero-order chi connectivity index (χ0) is 18.8. The van der Waals surface area contributed by atoms with Crippen molar-refractivity contribution in [3.05, 3.63) is 29.8 Å². The molecular formula is C20H28N6O. The summed E-state index contributed by atoms with van der Waals surface area (Å²) in [6, 6.07) is 4.38. The Balaban J connectivity index is 1.47. The van der Waals surface area contributed by atoms with Crippen LogP contribution in [0.25, 0.3) is 5.82 Å². The van der Waals surface area contributed by atoms with Crippen molar-refractivity contribution in [2.45, 2.75) is 58.4 Å². The van der Waals surface area contributed by atoms with Gasteiger partial charge in [0.2, 0.25) is 5.91 Å². The van der Waals surface area contributed by atoms with Crippen molar-refractivity contribution in [1.82, 2.24) is 25.1 Å². The molecule has 1 atom stereocenters. The molecule has 1 saturated carbocycles. The maximum Gasteiger partial charge on any atom is 0.225 e. The number of piperidine rings is 1. The number of aromatic nitrogens is 4. The summed E-state index contributed by atoms with van der Waals surface area (Å²) in [5.74, 6) is 1.87. The number of nitrogens with zero attached hydrogens (tertiary/aromatic N) is 5. The second kappa shape index (κ2) is 7.66. The number of hydrogen-bond donors (Lipinski definition) is 1. The summed E-state index contributed by atoms with van der Waals surface area (Å²) in [5, 5.41) is 7.77. The van der Waals surface area contributed by atoms with Gasteiger partial charge in [-0.15, -0.1) is 0 Å². The van der Waals surface area contributed by atoms with Crippen LogP contribution in [0.3, 0.4) is 0 Å². The van der Waals surface area contributed by atoms with Crippen LogP contribution in [0.15, 0.2) is 18.5 Å². The van der Waals surface area contributed by atoms with Gasteiger partial charge in [-0.25, -0.2) is 14.6 Å². The zero-order valence-corrected chi connectivity index (χ0v) is 16.2. The Kier molecular flexibility index (Phi) is 5.09. The number of aryl methyl sites for hydroxylation is 2. The lowest BCUT2D eigenvalue weighted by Gasteiger charge is -2.33. The molecule has 1 amide bonds. The van der Waals surface area contributed by atoms with E-state index < -0.39 is 0 Å². The number of rotatable bonds is 4. The Morgan fingerprint density at radius 2 is 1.85 bits per heavy atom. The normalized spacial score (nSPS) is 20.8. The lowest BCUT2D eigenvalue weighted by Crippen LogP contribution is -2.45. The molecule has 2 aromatic heterocycles. The number of hydrogen-bond acceptors (Lipinski definition) is 5. The quantitative estimate of drug-likeness (QED) is 0.898. The van der Waals surface area contributed by atoms with Crippen molar-refractivity contribution in [2.24, 2.45) is 5.92 Å². The van der Waals surface area contributed by atoms with Gasteiger partial charge in [0.05, 0.1) is 11.6 Å². The topological polar surface area (TPSA) is 75.9 Å². The molecule has 0 bridgehead atoms. The summed E-state index contributed by atoms with van der Waals surface area (Å²) in [4.78, 5) is 23.7. The summed E-state index contributed by atoms with van der Waals surface area (Å²) in [6.45, 7) is 5.63.